The van der Waals surface area contributed by atoms with Crippen LogP contribution in [0.25, 0.3) is 43.6 Å². The Hall–Kier alpha value is -5.32. The zero-order chi connectivity index (χ0) is 43.0. The molecule has 318 valence electrons. The van der Waals surface area contributed by atoms with E-state index in [9.17, 15) is 0 Å². The lowest BCUT2D eigenvalue weighted by atomic mass is 9.96. The van der Waals surface area contributed by atoms with Gasteiger partial charge in [0.2, 0.25) is 0 Å². The fourth-order valence-electron chi connectivity index (χ4n) is 6.85. The molecule has 3 heterocycles. The van der Waals surface area contributed by atoms with Crippen LogP contribution in [0.2, 0.25) is 0 Å². The molecule has 0 N–H and O–H groups in total. The Morgan fingerprint density at radius 1 is 0.407 bits per heavy atom. The SMILES string of the molecule is C.CC.CC.CC.CCC.CCC.CN(C)CN1c2ccccc2Cc2ccccc21.Cn1c2ccccc2c2ccccc21.Cn1c2ccccc2c2ccccc21. The smallest absolute Gasteiger partial charge is 0.0751 e. The molecule has 0 radical (unpaired) electrons. The van der Waals surface area contributed by atoms with Gasteiger partial charge in [-0.3, -0.25) is 4.90 Å². The molecule has 1 aliphatic rings. The maximum atomic E-state index is 2.40. The van der Waals surface area contributed by atoms with Gasteiger partial charge in [0.05, 0.1) is 6.67 Å². The molecule has 0 amide bonds. The molecule has 0 unspecified atom stereocenters. The van der Waals surface area contributed by atoms with E-state index in [1.165, 1.54) is 79.0 Å². The second-order valence-corrected chi connectivity index (χ2v) is 13.7. The van der Waals surface area contributed by atoms with Gasteiger partial charge in [0, 0.05) is 75.5 Å². The fourth-order valence-corrected chi connectivity index (χ4v) is 6.85. The minimum Gasteiger partial charge on any atom is -0.344 e. The first kappa shape index (κ1) is 51.7. The van der Waals surface area contributed by atoms with Crippen LogP contribution in [-0.4, -0.2) is 34.8 Å². The zero-order valence-electron chi connectivity index (χ0n) is 38.5. The normalized spacial score (nSPS) is 10.3. The van der Waals surface area contributed by atoms with Gasteiger partial charge in [-0.1, -0.05) is 199 Å². The molecule has 6 aromatic carbocycles. The number of hydrogen-bond donors (Lipinski definition) is 0. The number of hydrogen-bond acceptors (Lipinski definition) is 2. The summed E-state index contributed by atoms with van der Waals surface area (Å²) in [5.41, 5.74) is 10.7. The van der Waals surface area contributed by atoms with Crippen molar-refractivity contribution >= 4 is 55.0 Å². The van der Waals surface area contributed by atoms with Crippen molar-refractivity contribution in [3.8, 4) is 0 Å². The van der Waals surface area contributed by atoms with Crippen molar-refractivity contribution in [3.63, 3.8) is 0 Å². The first-order valence-corrected chi connectivity index (χ1v) is 21.8. The molecule has 4 heteroatoms. The number of para-hydroxylation sites is 6. The molecule has 4 nitrogen and oxygen atoms in total. The number of anilines is 2. The third-order valence-electron chi connectivity index (χ3n) is 9.01. The fraction of sp³-hybridized carbons (Fsp3) is 0.345. The summed E-state index contributed by atoms with van der Waals surface area (Å²) in [6.45, 7) is 21.4. The number of nitrogens with zero attached hydrogens (tertiary/aromatic N) is 4. The van der Waals surface area contributed by atoms with Gasteiger partial charge in [0.15, 0.2) is 0 Å². The van der Waals surface area contributed by atoms with Gasteiger partial charge < -0.3 is 14.0 Å². The molecule has 2 aromatic heterocycles. The first-order valence-electron chi connectivity index (χ1n) is 21.8. The number of aromatic nitrogens is 2. The third-order valence-corrected chi connectivity index (χ3v) is 9.01. The van der Waals surface area contributed by atoms with Gasteiger partial charge in [-0.15, -0.1) is 0 Å². The predicted molar refractivity (Wildman–Crippen MR) is 270 cm³/mol. The van der Waals surface area contributed by atoms with E-state index in [1.807, 2.05) is 41.5 Å². The summed E-state index contributed by atoms with van der Waals surface area (Å²) in [7, 11) is 8.45. The highest BCUT2D eigenvalue weighted by atomic mass is 15.3. The summed E-state index contributed by atoms with van der Waals surface area (Å²) in [5, 5.41) is 5.35. The van der Waals surface area contributed by atoms with Gasteiger partial charge in [-0.05, 0) is 61.6 Å². The molecule has 0 aliphatic carbocycles. The van der Waals surface area contributed by atoms with Crippen molar-refractivity contribution in [2.24, 2.45) is 14.1 Å². The van der Waals surface area contributed by atoms with Crippen LogP contribution in [0.3, 0.4) is 0 Å². The standard InChI is InChI=1S/C16H18N2.2C13H11N.2C3H8.3C2H6.CH4/c1-17(2)12-18-15-9-5-3-7-13(15)11-14-8-4-6-10-16(14)18;2*1-14-12-8-4-2-6-10(12)11-7-3-5-9-13(11)14;2*1-3-2;3*1-2;/h3-10H,11-12H2,1-2H3;2*2-9H,1H3;2*3H2,1-2H3;3*1-2H3;1H4. The monoisotopic (exact) mass is 795 g/mol. The van der Waals surface area contributed by atoms with E-state index in [-0.39, 0.29) is 7.43 Å². The van der Waals surface area contributed by atoms with E-state index in [0.29, 0.717) is 0 Å². The molecule has 9 rings (SSSR count). The van der Waals surface area contributed by atoms with Gasteiger partial charge in [0.1, 0.15) is 0 Å². The average Bonchev–Trinajstić information content (AvgIpc) is 3.74. The van der Waals surface area contributed by atoms with Crippen molar-refractivity contribution < 1.29 is 0 Å². The van der Waals surface area contributed by atoms with Crippen molar-refractivity contribution in [3.05, 3.63) is 157 Å². The van der Waals surface area contributed by atoms with E-state index >= 15 is 0 Å². The highest BCUT2D eigenvalue weighted by Gasteiger charge is 2.21. The van der Waals surface area contributed by atoms with E-state index in [4.69, 9.17) is 0 Å². The summed E-state index contributed by atoms with van der Waals surface area (Å²) >= 11 is 0. The Bertz CT molecular complexity index is 2060. The van der Waals surface area contributed by atoms with Crippen molar-refractivity contribution in [2.45, 2.75) is 95.9 Å². The Morgan fingerprint density at radius 3 is 0.915 bits per heavy atom. The summed E-state index contributed by atoms with van der Waals surface area (Å²) in [4.78, 5) is 4.60. The Labute approximate surface area is 360 Å². The zero-order valence-corrected chi connectivity index (χ0v) is 38.5. The minimum atomic E-state index is 0. The molecule has 59 heavy (non-hydrogen) atoms. The largest absolute Gasteiger partial charge is 0.344 e. The molecule has 8 aromatic rings. The Kier molecular flexibility index (Phi) is 24.7. The number of fused-ring (bicyclic) bond motifs is 8. The van der Waals surface area contributed by atoms with Gasteiger partial charge in [0.25, 0.3) is 0 Å². The van der Waals surface area contributed by atoms with Gasteiger partial charge >= 0.3 is 0 Å². The molecule has 0 fully saturated rings. The minimum absolute atomic E-state index is 0. The molecule has 0 saturated carbocycles. The van der Waals surface area contributed by atoms with Crippen LogP contribution in [0.4, 0.5) is 11.4 Å². The van der Waals surface area contributed by atoms with E-state index in [1.54, 1.807) is 0 Å². The van der Waals surface area contributed by atoms with Gasteiger partial charge in [-0.25, -0.2) is 0 Å². The summed E-state index contributed by atoms with van der Waals surface area (Å²) in [5.74, 6) is 0. The second kappa shape index (κ2) is 28.2. The Balaban J connectivity index is 0.000000390. The molecule has 0 atom stereocenters. The molecule has 1 aliphatic heterocycles. The molecular formula is C55H78N4. The lowest BCUT2D eigenvalue weighted by Crippen LogP contribution is -2.32. The lowest BCUT2D eigenvalue weighted by Gasteiger charge is -2.35. The van der Waals surface area contributed by atoms with Crippen LogP contribution in [0, 0.1) is 0 Å². The maximum absolute atomic E-state index is 2.40. The lowest BCUT2D eigenvalue weighted by molar-refractivity contribution is 0.417. The topological polar surface area (TPSA) is 16.3 Å². The summed E-state index contributed by atoms with van der Waals surface area (Å²) in [6, 6.07) is 51.5. The van der Waals surface area contributed by atoms with Crippen molar-refractivity contribution in [1.29, 1.82) is 0 Å². The van der Waals surface area contributed by atoms with E-state index in [2.05, 4.69) is 220 Å². The van der Waals surface area contributed by atoms with Crippen LogP contribution in [0.5, 0.6) is 0 Å². The summed E-state index contributed by atoms with van der Waals surface area (Å²) in [6.07, 6.45) is 3.54. The predicted octanol–water partition coefficient (Wildman–Crippen LogP) is 16.5. The van der Waals surface area contributed by atoms with Gasteiger partial charge in [-0.2, -0.15) is 0 Å². The average molecular weight is 795 g/mol. The van der Waals surface area contributed by atoms with Crippen LogP contribution >= 0.6 is 0 Å². The van der Waals surface area contributed by atoms with Crippen LogP contribution in [-0.2, 0) is 20.5 Å². The number of aryl methyl sites for hydroxylation is 2. The van der Waals surface area contributed by atoms with Crippen LogP contribution in [0.15, 0.2) is 146 Å². The third kappa shape index (κ3) is 13.3. The number of rotatable bonds is 2. The highest BCUT2D eigenvalue weighted by molar-refractivity contribution is 6.08. The van der Waals surface area contributed by atoms with Crippen molar-refractivity contribution in [1.82, 2.24) is 14.0 Å². The second-order valence-electron chi connectivity index (χ2n) is 13.7. The molecule has 0 saturated heterocycles. The van der Waals surface area contributed by atoms with Crippen LogP contribution < -0.4 is 4.90 Å². The van der Waals surface area contributed by atoms with E-state index < -0.39 is 0 Å². The van der Waals surface area contributed by atoms with Crippen molar-refractivity contribution in [2.75, 3.05) is 25.7 Å². The molecule has 0 bridgehead atoms. The number of benzene rings is 6. The molecule has 0 spiro atoms. The quantitative estimate of drug-likeness (QED) is 0.173. The van der Waals surface area contributed by atoms with Crippen LogP contribution in [0.1, 0.15) is 101 Å². The Morgan fingerprint density at radius 2 is 0.644 bits per heavy atom. The first-order chi connectivity index (χ1) is 28.3. The summed E-state index contributed by atoms with van der Waals surface area (Å²) < 4.78 is 4.48. The highest BCUT2D eigenvalue weighted by Crippen LogP contribution is 2.38. The molecular weight excluding hydrogens is 717 g/mol. The van der Waals surface area contributed by atoms with E-state index in [0.717, 1.165) is 13.1 Å². The maximum Gasteiger partial charge on any atom is 0.0751 e.